The normalized spacial score (nSPS) is 8.83. The number of aryl methyl sites for hydroxylation is 1. The van der Waals surface area contributed by atoms with Gasteiger partial charge < -0.3 is 10.5 Å². The fraction of sp³-hybridized carbons (Fsp3) is 0.333. The molecule has 3 heteroatoms. The number of rotatable bonds is 2. The first-order valence-electron chi connectivity index (χ1n) is 3.73. The van der Waals surface area contributed by atoms with Crippen LogP contribution in [0, 0.1) is 6.92 Å². The molecule has 0 unspecified atom stereocenters. The minimum atomic E-state index is 0. The Morgan fingerprint density at radius 1 is 1.42 bits per heavy atom. The lowest BCUT2D eigenvalue weighted by molar-refractivity contribution is 0.338. The van der Waals surface area contributed by atoms with E-state index in [0.717, 1.165) is 17.0 Å². The van der Waals surface area contributed by atoms with Gasteiger partial charge in [-0.2, -0.15) is 0 Å². The van der Waals surface area contributed by atoms with Crippen LogP contribution in [0.25, 0.3) is 0 Å². The Bertz CT molecular complexity index is 250. The Balaban J connectivity index is 0.00000121. The maximum atomic E-state index is 5.58. The first kappa shape index (κ1) is 11.1. The fourth-order valence-corrected chi connectivity index (χ4v) is 0.928. The Hall–Kier alpha value is -0.890. The lowest BCUT2D eigenvalue weighted by atomic mass is 10.2. The lowest BCUT2D eigenvalue weighted by Gasteiger charge is -2.06. The van der Waals surface area contributed by atoms with E-state index in [2.05, 4.69) is 0 Å². The summed E-state index contributed by atoms with van der Waals surface area (Å²) in [6, 6.07) is 5.68. The second-order valence-electron chi connectivity index (χ2n) is 2.46. The second kappa shape index (κ2) is 4.88. The van der Waals surface area contributed by atoms with E-state index in [-0.39, 0.29) is 12.4 Å². The van der Waals surface area contributed by atoms with E-state index in [1.54, 1.807) is 0 Å². The highest BCUT2D eigenvalue weighted by Crippen LogP contribution is 2.20. The molecular formula is C9H14ClNO. The van der Waals surface area contributed by atoms with Crippen molar-refractivity contribution in [1.29, 1.82) is 0 Å². The van der Waals surface area contributed by atoms with Gasteiger partial charge in [-0.05, 0) is 25.5 Å². The molecule has 1 aromatic carbocycles. The molecule has 0 aliphatic carbocycles. The third-order valence-electron chi connectivity index (χ3n) is 1.51. The molecule has 2 N–H and O–H groups in total. The van der Waals surface area contributed by atoms with E-state index in [1.165, 1.54) is 0 Å². The molecule has 0 saturated carbocycles. The van der Waals surface area contributed by atoms with Gasteiger partial charge in [-0.3, -0.25) is 0 Å². The van der Waals surface area contributed by atoms with Crippen LogP contribution in [-0.4, -0.2) is 6.61 Å². The first-order chi connectivity index (χ1) is 5.24. The summed E-state index contributed by atoms with van der Waals surface area (Å²) in [6.45, 7) is 4.65. The van der Waals surface area contributed by atoms with Crippen LogP contribution in [-0.2, 0) is 0 Å². The summed E-state index contributed by atoms with van der Waals surface area (Å²) in [5.74, 6) is 0.882. The standard InChI is InChI=1S/C9H13NO.ClH/c1-3-11-9-6-8(10)5-4-7(9)2;/h4-6H,3,10H2,1-2H3;1H. The molecule has 0 bridgehead atoms. The van der Waals surface area contributed by atoms with Crippen LogP contribution < -0.4 is 10.5 Å². The number of benzene rings is 1. The Kier molecular flexibility index (Phi) is 4.52. The van der Waals surface area contributed by atoms with Crippen molar-refractivity contribution in [2.24, 2.45) is 0 Å². The van der Waals surface area contributed by atoms with E-state index in [4.69, 9.17) is 10.5 Å². The Morgan fingerprint density at radius 2 is 2.08 bits per heavy atom. The molecule has 0 aromatic heterocycles. The van der Waals surface area contributed by atoms with Crippen LogP contribution >= 0.6 is 12.4 Å². The van der Waals surface area contributed by atoms with Crippen molar-refractivity contribution in [1.82, 2.24) is 0 Å². The van der Waals surface area contributed by atoms with Crippen LogP contribution in [0.1, 0.15) is 12.5 Å². The highest BCUT2D eigenvalue weighted by molar-refractivity contribution is 5.85. The number of anilines is 1. The predicted molar refractivity (Wildman–Crippen MR) is 54.0 cm³/mol. The fourth-order valence-electron chi connectivity index (χ4n) is 0.928. The summed E-state index contributed by atoms with van der Waals surface area (Å²) in [5.41, 5.74) is 7.45. The molecule has 0 radical (unpaired) electrons. The largest absolute Gasteiger partial charge is 0.494 e. The zero-order valence-corrected chi connectivity index (χ0v) is 8.15. The van der Waals surface area contributed by atoms with Gasteiger partial charge in [-0.1, -0.05) is 6.07 Å². The van der Waals surface area contributed by atoms with Crippen molar-refractivity contribution >= 4 is 18.1 Å². The SMILES string of the molecule is CCOc1cc(N)ccc1C.Cl. The van der Waals surface area contributed by atoms with Gasteiger partial charge in [0, 0.05) is 11.8 Å². The molecule has 12 heavy (non-hydrogen) atoms. The average molecular weight is 188 g/mol. The highest BCUT2D eigenvalue weighted by atomic mass is 35.5. The van der Waals surface area contributed by atoms with Gasteiger partial charge >= 0.3 is 0 Å². The van der Waals surface area contributed by atoms with Crippen molar-refractivity contribution in [3.63, 3.8) is 0 Å². The number of halogens is 1. The molecule has 68 valence electrons. The van der Waals surface area contributed by atoms with E-state index < -0.39 is 0 Å². The third-order valence-corrected chi connectivity index (χ3v) is 1.51. The minimum absolute atomic E-state index is 0. The van der Waals surface area contributed by atoms with E-state index >= 15 is 0 Å². The second-order valence-corrected chi connectivity index (χ2v) is 2.46. The molecule has 0 amide bonds. The maximum Gasteiger partial charge on any atom is 0.124 e. The average Bonchev–Trinajstić information content (AvgIpc) is 1.98. The Morgan fingerprint density at radius 3 is 2.67 bits per heavy atom. The number of nitrogen functional groups attached to an aromatic ring is 1. The highest BCUT2D eigenvalue weighted by Gasteiger charge is 1.97. The van der Waals surface area contributed by atoms with Crippen LogP contribution in [0.15, 0.2) is 18.2 Å². The monoisotopic (exact) mass is 187 g/mol. The molecule has 0 heterocycles. The van der Waals surface area contributed by atoms with Gasteiger partial charge in [0.25, 0.3) is 0 Å². The Labute approximate surface area is 79.1 Å². The van der Waals surface area contributed by atoms with Gasteiger partial charge in [-0.25, -0.2) is 0 Å². The van der Waals surface area contributed by atoms with E-state index in [1.807, 2.05) is 32.0 Å². The quantitative estimate of drug-likeness (QED) is 0.722. The molecule has 2 nitrogen and oxygen atoms in total. The van der Waals surface area contributed by atoms with Crippen molar-refractivity contribution in [3.05, 3.63) is 23.8 Å². The number of ether oxygens (including phenoxy) is 1. The molecule has 0 aliphatic heterocycles. The topological polar surface area (TPSA) is 35.2 Å². The van der Waals surface area contributed by atoms with Gasteiger partial charge in [-0.15, -0.1) is 12.4 Å². The third kappa shape index (κ3) is 2.62. The maximum absolute atomic E-state index is 5.58. The lowest BCUT2D eigenvalue weighted by Crippen LogP contribution is -1.95. The molecule has 0 aliphatic rings. The molecule has 1 rings (SSSR count). The van der Waals surface area contributed by atoms with Crippen LogP contribution in [0.5, 0.6) is 5.75 Å². The number of nitrogens with two attached hydrogens (primary N) is 1. The van der Waals surface area contributed by atoms with E-state index in [9.17, 15) is 0 Å². The summed E-state index contributed by atoms with van der Waals surface area (Å²) >= 11 is 0. The van der Waals surface area contributed by atoms with Crippen LogP contribution in [0.4, 0.5) is 5.69 Å². The molecule has 0 saturated heterocycles. The summed E-state index contributed by atoms with van der Waals surface area (Å²) in [6.07, 6.45) is 0. The zero-order valence-electron chi connectivity index (χ0n) is 7.33. The van der Waals surface area contributed by atoms with Crippen molar-refractivity contribution in [2.75, 3.05) is 12.3 Å². The molecule has 0 fully saturated rings. The summed E-state index contributed by atoms with van der Waals surface area (Å²) in [7, 11) is 0. The first-order valence-corrected chi connectivity index (χ1v) is 3.73. The summed E-state index contributed by atoms with van der Waals surface area (Å²) < 4.78 is 5.34. The van der Waals surface area contributed by atoms with Crippen LogP contribution in [0.3, 0.4) is 0 Å². The summed E-state index contributed by atoms with van der Waals surface area (Å²) in [5, 5.41) is 0. The molecule has 0 atom stereocenters. The predicted octanol–water partition coefficient (Wildman–Crippen LogP) is 2.40. The van der Waals surface area contributed by atoms with Gasteiger partial charge in [0.05, 0.1) is 6.61 Å². The van der Waals surface area contributed by atoms with Crippen LogP contribution in [0.2, 0.25) is 0 Å². The number of hydrogen-bond acceptors (Lipinski definition) is 2. The molecule has 0 spiro atoms. The van der Waals surface area contributed by atoms with E-state index in [0.29, 0.717) is 6.61 Å². The van der Waals surface area contributed by atoms with Crippen molar-refractivity contribution in [3.8, 4) is 5.75 Å². The minimum Gasteiger partial charge on any atom is -0.494 e. The summed E-state index contributed by atoms with van der Waals surface area (Å²) in [4.78, 5) is 0. The smallest absolute Gasteiger partial charge is 0.124 e. The van der Waals surface area contributed by atoms with Gasteiger partial charge in [0.1, 0.15) is 5.75 Å². The molecular weight excluding hydrogens is 174 g/mol. The van der Waals surface area contributed by atoms with Crippen molar-refractivity contribution in [2.45, 2.75) is 13.8 Å². The van der Waals surface area contributed by atoms with Gasteiger partial charge in [0.2, 0.25) is 0 Å². The molecule has 1 aromatic rings. The van der Waals surface area contributed by atoms with Crippen molar-refractivity contribution < 1.29 is 4.74 Å². The number of hydrogen-bond donors (Lipinski definition) is 1. The van der Waals surface area contributed by atoms with Gasteiger partial charge in [0.15, 0.2) is 0 Å². The zero-order chi connectivity index (χ0) is 8.27.